The lowest BCUT2D eigenvalue weighted by Crippen LogP contribution is -2.46. The number of aromatic amines is 1. The first-order chi connectivity index (χ1) is 18.5. The number of carbonyl (C=O) groups is 1. The molecule has 0 spiro atoms. The summed E-state index contributed by atoms with van der Waals surface area (Å²) in [4.78, 5) is 24.5. The zero-order chi connectivity index (χ0) is 26.1. The number of piperidine rings is 1. The summed E-state index contributed by atoms with van der Waals surface area (Å²) < 4.78 is 20.1. The molecule has 1 fully saturated rings. The minimum absolute atomic E-state index is 0.0459. The molecule has 2 aromatic heterocycles. The number of likely N-dealkylation sites (tertiary alicyclic amines) is 1. The lowest BCUT2D eigenvalue weighted by molar-refractivity contribution is 0.0969. The van der Waals surface area contributed by atoms with Crippen molar-refractivity contribution in [2.75, 3.05) is 32.1 Å². The van der Waals surface area contributed by atoms with Gasteiger partial charge in [0.05, 0.1) is 12.1 Å². The molecule has 1 atom stereocenters. The average molecular weight is 513 g/mol. The van der Waals surface area contributed by atoms with Crippen LogP contribution in [-0.2, 0) is 5.54 Å². The molecule has 0 saturated carbocycles. The summed E-state index contributed by atoms with van der Waals surface area (Å²) in [5, 5.41) is 11.4. The molecular weight excluding hydrogens is 483 g/mol. The fourth-order valence-electron chi connectivity index (χ4n) is 5.39. The van der Waals surface area contributed by atoms with Crippen LogP contribution in [0.3, 0.4) is 0 Å². The summed E-state index contributed by atoms with van der Waals surface area (Å²) in [6.07, 6.45) is 5.28. The van der Waals surface area contributed by atoms with Gasteiger partial charge in [0, 0.05) is 60.2 Å². The van der Waals surface area contributed by atoms with Crippen molar-refractivity contribution in [3.63, 3.8) is 0 Å². The normalized spacial score (nSPS) is 18.5. The van der Waals surface area contributed by atoms with Gasteiger partial charge in [-0.3, -0.25) is 14.9 Å². The Morgan fingerprint density at radius 3 is 2.76 bits per heavy atom. The van der Waals surface area contributed by atoms with Crippen LogP contribution in [0.2, 0.25) is 0 Å². The van der Waals surface area contributed by atoms with Crippen molar-refractivity contribution >= 4 is 11.5 Å². The second kappa shape index (κ2) is 9.98. The van der Waals surface area contributed by atoms with E-state index in [1.807, 2.05) is 36.4 Å². The molecule has 0 unspecified atom stereocenters. The number of rotatable bonds is 7. The summed E-state index contributed by atoms with van der Waals surface area (Å²) in [6.45, 7) is 2.09. The highest BCUT2D eigenvalue weighted by Gasteiger charge is 2.39. The maximum Gasteiger partial charge on any atom is 0.181 e. The number of carbonyl (C=O) groups excluding carboxylic acids is 1. The van der Waals surface area contributed by atoms with Crippen LogP contribution in [0.5, 0.6) is 5.75 Å². The number of Topliss-reactive ketones (excluding diaryl/α,β-unsaturated/α-hetero) is 1. The van der Waals surface area contributed by atoms with Gasteiger partial charge in [-0.05, 0) is 56.3 Å². The molecule has 2 N–H and O–H groups in total. The highest BCUT2D eigenvalue weighted by molar-refractivity contribution is 5.97. The van der Waals surface area contributed by atoms with Crippen molar-refractivity contribution in [1.29, 1.82) is 0 Å². The molecule has 38 heavy (non-hydrogen) atoms. The zero-order valence-electron chi connectivity index (χ0n) is 21.2. The SMILES string of the molecule is CN1CCC(Nc2cccc(C(=O)C[C@H]3COc4cccc(F)c43)c2)(c2nc(-c3ccncc3)n[nH]2)CC1. The van der Waals surface area contributed by atoms with Crippen LogP contribution in [0.4, 0.5) is 10.1 Å². The Labute approximate surface area is 220 Å². The van der Waals surface area contributed by atoms with Crippen LogP contribution in [0.1, 0.15) is 46.9 Å². The molecule has 0 bridgehead atoms. The van der Waals surface area contributed by atoms with Gasteiger partial charge < -0.3 is 15.0 Å². The monoisotopic (exact) mass is 512 g/mol. The lowest BCUT2D eigenvalue weighted by atomic mass is 9.86. The van der Waals surface area contributed by atoms with Crippen LogP contribution in [-0.4, -0.2) is 57.6 Å². The molecule has 6 rings (SSSR count). The number of anilines is 1. The number of benzene rings is 2. The summed E-state index contributed by atoms with van der Waals surface area (Å²) in [7, 11) is 2.11. The Bertz CT molecular complexity index is 1450. The molecule has 2 aromatic carbocycles. The average Bonchev–Trinajstić information content (AvgIpc) is 3.60. The molecule has 1 saturated heterocycles. The largest absolute Gasteiger partial charge is 0.493 e. The number of aromatic nitrogens is 4. The standard InChI is InChI=1S/C29H29FN6O2/c1-36-14-10-29(11-15-36,28-32-27(34-35-28)19-8-12-31-13-9-19)33-22-5-2-4-20(16-22)24(37)17-21-18-38-25-7-3-6-23(30)26(21)25/h2-9,12-13,16,21,33H,10-11,14-15,17-18H2,1H3,(H,32,34,35)/t21-/m0/s1. The Morgan fingerprint density at radius 2 is 1.95 bits per heavy atom. The van der Waals surface area contributed by atoms with Crippen LogP contribution < -0.4 is 10.1 Å². The Hall–Kier alpha value is -4.11. The van der Waals surface area contributed by atoms with E-state index in [2.05, 4.69) is 32.4 Å². The van der Waals surface area contributed by atoms with Gasteiger partial charge in [0.25, 0.3) is 0 Å². The van der Waals surface area contributed by atoms with E-state index < -0.39 is 5.54 Å². The second-order valence-electron chi connectivity index (χ2n) is 10.1. The molecule has 0 radical (unpaired) electrons. The molecule has 2 aliphatic rings. The molecule has 0 aliphatic carbocycles. The molecule has 4 heterocycles. The molecule has 4 aromatic rings. The van der Waals surface area contributed by atoms with Gasteiger partial charge in [-0.15, -0.1) is 0 Å². The van der Waals surface area contributed by atoms with E-state index in [1.54, 1.807) is 24.5 Å². The predicted molar refractivity (Wildman–Crippen MR) is 142 cm³/mol. The number of hydrogen-bond acceptors (Lipinski definition) is 7. The third-order valence-electron chi connectivity index (χ3n) is 7.58. The van der Waals surface area contributed by atoms with Gasteiger partial charge in [-0.25, -0.2) is 9.37 Å². The van der Waals surface area contributed by atoms with Crippen molar-refractivity contribution in [2.45, 2.75) is 30.7 Å². The van der Waals surface area contributed by atoms with E-state index in [0.717, 1.165) is 43.0 Å². The van der Waals surface area contributed by atoms with Crippen molar-refractivity contribution in [3.8, 4) is 17.1 Å². The quantitative estimate of drug-likeness (QED) is 0.344. The Morgan fingerprint density at radius 1 is 1.16 bits per heavy atom. The zero-order valence-corrected chi connectivity index (χ0v) is 21.2. The summed E-state index contributed by atoms with van der Waals surface area (Å²) >= 11 is 0. The maximum absolute atomic E-state index is 14.4. The van der Waals surface area contributed by atoms with E-state index in [0.29, 0.717) is 29.3 Å². The number of hydrogen-bond donors (Lipinski definition) is 2. The van der Waals surface area contributed by atoms with Crippen molar-refractivity contribution in [1.82, 2.24) is 25.1 Å². The van der Waals surface area contributed by atoms with E-state index in [9.17, 15) is 9.18 Å². The minimum Gasteiger partial charge on any atom is -0.493 e. The second-order valence-corrected chi connectivity index (χ2v) is 10.1. The molecule has 8 nitrogen and oxygen atoms in total. The predicted octanol–water partition coefficient (Wildman–Crippen LogP) is 4.79. The third-order valence-corrected chi connectivity index (χ3v) is 7.58. The third kappa shape index (κ3) is 4.65. The lowest BCUT2D eigenvalue weighted by Gasteiger charge is -2.40. The maximum atomic E-state index is 14.4. The number of ether oxygens (including phenoxy) is 1. The Kier molecular flexibility index (Phi) is 6.37. The van der Waals surface area contributed by atoms with Gasteiger partial charge in [-0.1, -0.05) is 18.2 Å². The number of halogens is 1. The van der Waals surface area contributed by atoms with Crippen molar-refractivity contribution in [2.24, 2.45) is 0 Å². The first-order valence-corrected chi connectivity index (χ1v) is 12.9. The number of fused-ring (bicyclic) bond motifs is 1. The number of nitrogens with one attached hydrogen (secondary N) is 2. The summed E-state index contributed by atoms with van der Waals surface area (Å²) in [5.74, 6) is 1.25. The van der Waals surface area contributed by atoms with Gasteiger partial charge >= 0.3 is 0 Å². The van der Waals surface area contributed by atoms with Crippen LogP contribution >= 0.6 is 0 Å². The minimum atomic E-state index is -0.464. The van der Waals surface area contributed by atoms with Gasteiger partial charge in [0.15, 0.2) is 17.4 Å². The molecule has 9 heteroatoms. The van der Waals surface area contributed by atoms with Gasteiger partial charge in [0.1, 0.15) is 11.6 Å². The van der Waals surface area contributed by atoms with Gasteiger partial charge in [-0.2, -0.15) is 5.10 Å². The van der Waals surface area contributed by atoms with Crippen LogP contribution in [0.15, 0.2) is 67.0 Å². The van der Waals surface area contributed by atoms with E-state index in [1.165, 1.54) is 6.07 Å². The van der Waals surface area contributed by atoms with Crippen molar-refractivity contribution < 1.29 is 13.9 Å². The van der Waals surface area contributed by atoms with Crippen LogP contribution in [0.25, 0.3) is 11.4 Å². The molecule has 2 aliphatic heterocycles. The first kappa shape index (κ1) is 24.2. The topological polar surface area (TPSA) is 96.0 Å². The Balaban J connectivity index is 1.24. The summed E-state index contributed by atoms with van der Waals surface area (Å²) in [5.41, 5.74) is 2.34. The molecule has 0 amide bonds. The fraction of sp³-hybridized carbons (Fsp3) is 0.310. The van der Waals surface area contributed by atoms with E-state index in [4.69, 9.17) is 9.72 Å². The smallest absolute Gasteiger partial charge is 0.181 e. The summed E-state index contributed by atoms with van der Waals surface area (Å²) in [6, 6.07) is 16.1. The first-order valence-electron chi connectivity index (χ1n) is 12.9. The number of H-pyrrole nitrogens is 1. The van der Waals surface area contributed by atoms with E-state index >= 15 is 0 Å². The van der Waals surface area contributed by atoms with Crippen molar-refractivity contribution in [3.05, 3.63) is 89.8 Å². The highest BCUT2D eigenvalue weighted by atomic mass is 19.1. The molecule has 194 valence electrons. The van der Waals surface area contributed by atoms with E-state index in [-0.39, 0.29) is 23.9 Å². The van der Waals surface area contributed by atoms with Crippen LogP contribution in [0, 0.1) is 5.82 Å². The molecular formula is C29H29FN6O2. The number of nitrogens with zero attached hydrogens (tertiary/aromatic N) is 4. The highest BCUT2D eigenvalue weighted by Crippen LogP contribution is 2.39. The number of pyridine rings is 1. The number of ketones is 1. The van der Waals surface area contributed by atoms with Gasteiger partial charge in [0.2, 0.25) is 0 Å². The fourth-order valence-corrected chi connectivity index (χ4v) is 5.39.